The van der Waals surface area contributed by atoms with Gasteiger partial charge in [-0.15, -0.1) is 10.2 Å². The lowest BCUT2D eigenvalue weighted by atomic mass is 10.3. The average Bonchev–Trinajstić information content (AvgIpc) is 2.41. The largest absolute Gasteiger partial charge is 0.372 e. The quantitative estimate of drug-likeness (QED) is 0.914. The van der Waals surface area contributed by atoms with Gasteiger partial charge in [0.25, 0.3) is 5.91 Å². The second-order valence-corrected chi connectivity index (χ2v) is 4.34. The maximum atomic E-state index is 11.9. The summed E-state index contributed by atoms with van der Waals surface area (Å²) in [6.45, 7) is 0. The Morgan fingerprint density at radius 1 is 1.17 bits per heavy atom. The molecule has 0 atom stereocenters. The standard InChI is InChI=1S/C12H11BrN4O/c1-14-11-7-6-10(16-17-11)12(18)15-9-5-3-2-4-8(9)13/h2-7H,1H3,(H,14,17)(H,15,18). The van der Waals surface area contributed by atoms with Crippen LogP contribution in [0.3, 0.4) is 0 Å². The summed E-state index contributed by atoms with van der Waals surface area (Å²) < 4.78 is 0.818. The number of halogens is 1. The number of carbonyl (C=O) groups is 1. The van der Waals surface area contributed by atoms with Crippen LogP contribution in [0, 0.1) is 0 Å². The van der Waals surface area contributed by atoms with E-state index in [0.717, 1.165) is 4.47 Å². The Labute approximate surface area is 113 Å². The van der Waals surface area contributed by atoms with Gasteiger partial charge in [-0.05, 0) is 40.2 Å². The first-order chi connectivity index (χ1) is 8.70. The van der Waals surface area contributed by atoms with Crippen LogP contribution >= 0.6 is 15.9 Å². The second kappa shape index (κ2) is 5.59. The van der Waals surface area contributed by atoms with Crippen molar-refractivity contribution in [2.24, 2.45) is 0 Å². The molecule has 2 rings (SSSR count). The summed E-state index contributed by atoms with van der Waals surface area (Å²) >= 11 is 3.36. The fourth-order valence-corrected chi connectivity index (χ4v) is 1.72. The normalized spacial score (nSPS) is 9.89. The lowest BCUT2D eigenvalue weighted by molar-refractivity contribution is 0.102. The molecular formula is C12H11BrN4O. The van der Waals surface area contributed by atoms with Crippen molar-refractivity contribution in [3.05, 3.63) is 46.6 Å². The van der Waals surface area contributed by atoms with E-state index in [1.165, 1.54) is 0 Å². The van der Waals surface area contributed by atoms with Gasteiger partial charge in [0.05, 0.1) is 5.69 Å². The van der Waals surface area contributed by atoms with E-state index in [0.29, 0.717) is 11.5 Å². The second-order valence-electron chi connectivity index (χ2n) is 3.49. The smallest absolute Gasteiger partial charge is 0.276 e. The molecule has 92 valence electrons. The number of amides is 1. The average molecular weight is 307 g/mol. The number of rotatable bonds is 3. The lowest BCUT2D eigenvalue weighted by Gasteiger charge is -2.06. The first kappa shape index (κ1) is 12.5. The summed E-state index contributed by atoms with van der Waals surface area (Å²) in [6, 6.07) is 10.7. The number of hydrogen-bond donors (Lipinski definition) is 2. The summed E-state index contributed by atoms with van der Waals surface area (Å²) in [4.78, 5) is 11.9. The third kappa shape index (κ3) is 2.84. The molecule has 1 aromatic carbocycles. The Morgan fingerprint density at radius 3 is 2.56 bits per heavy atom. The number of para-hydroxylation sites is 1. The fraction of sp³-hybridized carbons (Fsp3) is 0.0833. The third-order valence-electron chi connectivity index (χ3n) is 2.28. The zero-order chi connectivity index (χ0) is 13.0. The molecule has 0 saturated heterocycles. The van der Waals surface area contributed by atoms with Crippen LogP contribution in [0.15, 0.2) is 40.9 Å². The van der Waals surface area contributed by atoms with E-state index in [4.69, 9.17) is 0 Å². The minimum Gasteiger partial charge on any atom is -0.372 e. The van der Waals surface area contributed by atoms with Crippen molar-refractivity contribution in [1.29, 1.82) is 0 Å². The summed E-state index contributed by atoms with van der Waals surface area (Å²) in [5.41, 5.74) is 0.965. The molecule has 0 radical (unpaired) electrons. The van der Waals surface area contributed by atoms with Gasteiger partial charge in [-0.25, -0.2) is 0 Å². The van der Waals surface area contributed by atoms with Gasteiger partial charge in [0.2, 0.25) is 0 Å². The number of benzene rings is 1. The van der Waals surface area contributed by atoms with Crippen molar-refractivity contribution >= 4 is 33.3 Å². The van der Waals surface area contributed by atoms with Gasteiger partial charge in [0, 0.05) is 11.5 Å². The molecule has 0 aliphatic rings. The van der Waals surface area contributed by atoms with E-state index in [1.807, 2.05) is 18.2 Å². The SMILES string of the molecule is CNc1ccc(C(=O)Nc2ccccc2Br)nn1. The lowest BCUT2D eigenvalue weighted by Crippen LogP contribution is -2.14. The van der Waals surface area contributed by atoms with Crippen molar-refractivity contribution in [1.82, 2.24) is 10.2 Å². The maximum Gasteiger partial charge on any atom is 0.276 e. The van der Waals surface area contributed by atoms with Crippen LogP contribution in [0.4, 0.5) is 11.5 Å². The molecule has 0 bridgehead atoms. The van der Waals surface area contributed by atoms with Gasteiger partial charge in [0.15, 0.2) is 5.69 Å². The van der Waals surface area contributed by atoms with E-state index in [-0.39, 0.29) is 11.6 Å². The van der Waals surface area contributed by atoms with Crippen molar-refractivity contribution < 1.29 is 4.79 Å². The van der Waals surface area contributed by atoms with E-state index in [9.17, 15) is 4.79 Å². The summed E-state index contributed by atoms with van der Waals surface area (Å²) in [6.07, 6.45) is 0. The van der Waals surface area contributed by atoms with Crippen molar-refractivity contribution in [3.63, 3.8) is 0 Å². The molecule has 2 N–H and O–H groups in total. The number of aromatic nitrogens is 2. The van der Waals surface area contributed by atoms with E-state index in [1.54, 1.807) is 25.2 Å². The molecule has 5 nitrogen and oxygen atoms in total. The molecule has 0 fully saturated rings. The maximum absolute atomic E-state index is 11.9. The molecule has 18 heavy (non-hydrogen) atoms. The fourth-order valence-electron chi connectivity index (χ4n) is 1.34. The van der Waals surface area contributed by atoms with Crippen LogP contribution in [0.2, 0.25) is 0 Å². The highest BCUT2D eigenvalue weighted by Gasteiger charge is 2.09. The molecule has 1 aromatic heterocycles. The van der Waals surface area contributed by atoms with Crippen LogP contribution in [0.25, 0.3) is 0 Å². The van der Waals surface area contributed by atoms with Crippen LogP contribution in [-0.2, 0) is 0 Å². The molecule has 6 heteroatoms. The van der Waals surface area contributed by atoms with Crippen LogP contribution in [-0.4, -0.2) is 23.2 Å². The van der Waals surface area contributed by atoms with Crippen LogP contribution in [0.1, 0.15) is 10.5 Å². The molecule has 2 aromatic rings. The van der Waals surface area contributed by atoms with Crippen LogP contribution in [0.5, 0.6) is 0 Å². The minimum atomic E-state index is -0.294. The summed E-state index contributed by atoms with van der Waals surface area (Å²) in [5.74, 6) is 0.324. The number of nitrogens with one attached hydrogen (secondary N) is 2. The van der Waals surface area contributed by atoms with Gasteiger partial charge in [-0.1, -0.05) is 12.1 Å². The van der Waals surface area contributed by atoms with Crippen LogP contribution < -0.4 is 10.6 Å². The zero-order valence-corrected chi connectivity index (χ0v) is 11.2. The predicted octanol–water partition coefficient (Wildman–Crippen LogP) is 2.53. The van der Waals surface area contributed by atoms with Crippen molar-refractivity contribution in [2.75, 3.05) is 17.7 Å². The highest BCUT2D eigenvalue weighted by Crippen LogP contribution is 2.21. The molecule has 0 aliphatic carbocycles. The zero-order valence-electron chi connectivity index (χ0n) is 9.64. The molecule has 1 amide bonds. The molecular weight excluding hydrogens is 296 g/mol. The first-order valence-corrected chi connectivity index (χ1v) is 6.07. The molecule has 1 heterocycles. The van der Waals surface area contributed by atoms with E-state index < -0.39 is 0 Å². The topological polar surface area (TPSA) is 66.9 Å². The summed E-state index contributed by atoms with van der Waals surface area (Å²) in [5, 5.41) is 13.3. The number of anilines is 2. The number of hydrogen-bond acceptors (Lipinski definition) is 4. The van der Waals surface area contributed by atoms with E-state index >= 15 is 0 Å². The van der Waals surface area contributed by atoms with Crippen molar-refractivity contribution in [2.45, 2.75) is 0 Å². The molecule has 0 spiro atoms. The highest BCUT2D eigenvalue weighted by atomic mass is 79.9. The Bertz CT molecular complexity index is 556. The first-order valence-electron chi connectivity index (χ1n) is 5.28. The minimum absolute atomic E-state index is 0.268. The van der Waals surface area contributed by atoms with Crippen molar-refractivity contribution in [3.8, 4) is 0 Å². The highest BCUT2D eigenvalue weighted by molar-refractivity contribution is 9.10. The Hall–Kier alpha value is -1.95. The monoisotopic (exact) mass is 306 g/mol. The molecule has 0 unspecified atom stereocenters. The van der Waals surface area contributed by atoms with Gasteiger partial charge < -0.3 is 10.6 Å². The van der Waals surface area contributed by atoms with Gasteiger partial charge in [-0.3, -0.25) is 4.79 Å². The Kier molecular flexibility index (Phi) is 3.88. The van der Waals surface area contributed by atoms with Gasteiger partial charge >= 0.3 is 0 Å². The summed E-state index contributed by atoms with van der Waals surface area (Å²) in [7, 11) is 1.74. The Morgan fingerprint density at radius 2 is 1.94 bits per heavy atom. The molecule has 0 saturated carbocycles. The third-order valence-corrected chi connectivity index (χ3v) is 2.97. The predicted molar refractivity (Wildman–Crippen MR) is 73.7 cm³/mol. The van der Waals surface area contributed by atoms with Gasteiger partial charge in [0.1, 0.15) is 5.82 Å². The Balaban J connectivity index is 2.14. The van der Waals surface area contributed by atoms with E-state index in [2.05, 4.69) is 36.8 Å². The number of carbonyl (C=O) groups excluding carboxylic acids is 1. The van der Waals surface area contributed by atoms with Gasteiger partial charge in [-0.2, -0.15) is 0 Å². The molecule has 0 aliphatic heterocycles. The number of nitrogens with zero attached hydrogens (tertiary/aromatic N) is 2.